The molecule has 1 N–H and O–H groups in total. The van der Waals surface area contributed by atoms with Crippen molar-refractivity contribution in [1.82, 2.24) is 0 Å². The average Bonchev–Trinajstić information content (AvgIpc) is 2.98. The number of benzene rings is 3. The molecule has 0 saturated heterocycles. The van der Waals surface area contributed by atoms with E-state index in [0.717, 1.165) is 11.3 Å². The Bertz CT molecular complexity index is 1050. The van der Waals surface area contributed by atoms with Crippen LogP contribution in [-0.4, -0.2) is 11.8 Å². The quantitative estimate of drug-likeness (QED) is 0.643. The van der Waals surface area contributed by atoms with Gasteiger partial charge in [-0.25, -0.2) is 0 Å². The van der Waals surface area contributed by atoms with Crippen molar-refractivity contribution in [3.63, 3.8) is 0 Å². The van der Waals surface area contributed by atoms with Crippen molar-refractivity contribution >= 4 is 46.4 Å². The van der Waals surface area contributed by atoms with Gasteiger partial charge in [-0.05, 0) is 54.1 Å². The van der Waals surface area contributed by atoms with Crippen LogP contribution in [0.1, 0.15) is 26.3 Å². The van der Waals surface area contributed by atoms with E-state index >= 15 is 0 Å². The Kier molecular flexibility index (Phi) is 4.60. The molecule has 0 fully saturated rings. The van der Waals surface area contributed by atoms with E-state index in [1.54, 1.807) is 29.2 Å². The third-order valence-corrected chi connectivity index (χ3v) is 4.96. The van der Waals surface area contributed by atoms with Gasteiger partial charge >= 0.3 is 0 Å². The molecule has 1 heterocycles. The highest BCUT2D eigenvalue weighted by molar-refractivity contribution is 6.37. The summed E-state index contributed by atoms with van der Waals surface area (Å²) in [5.74, 6) is -0.379. The van der Waals surface area contributed by atoms with Crippen molar-refractivity contribution in [2.24, 2.45) is 0 Å². The molecule has 0 aromatic heterocycles. The predicted octanol–water partition coefficient (Wildman–Crippen LogP) is 5.41. The molecule has 134 valence electrons. The summed E-state index contributed by atoms with van der Waals surface area (Å²) >= 11 is 12.0. The van der Waals surface area contributed by atoms with E-state index in [1.807, 2.05) is 36.4 Å². The van der Waals surface area contributed by atoms with Crippen LogP contribution >= 0.6 is 23.2 Å². The summed E-state index contributed by atoms with van der Waals surface area (Å²) in [5.41, 5.74) is 3.29. The summed E-state index contributed by atoms with van der Waals surface area (Å²) < 4.78 is 0. The molecule has 1 aliphatic heterocycles. The maximum Gasteiger partial charge on any atom is 0.258 e. The number of hydrogen-bond acceptors (Lipinski definition) is 2. The molecule has 0 saturated carbocycles. The highest BCUT2D eigenvalue weighted by Gasteiger charge is 2.28. The fourth-order valence-electron chi connectivity index (χ4n) is 3.09. The second kappa shape index (κ2) is 7.06. The third-order valence-electron chi connectivity index (χ3n) is 4.41. The van der Waals surface area contributed by atoms with Gasteiger partial charge in [-0.15, -0.1) is 0 Å². The smallest absolute Gasteiger partial charge is 0.258 e. The molecular weight excluding hydrogens is 383 g/mol. The molecule has 4 rings (SSSR count). The van der Waals surface area contributed by atoms with Crippen LogP contribution in [0.3, 0.4) is 0 Å². The van der Waals surface area contributed by atoms with Crippen LogP contribution in [0.4, 0.5) is 11.4 Å². The number of carbonyl (C=O) groups excluding carboxylic acids is 2. The second-order valence-electron chi connectivity index (χ2n) is 6.18. The first-order valence-corrected chi connectivity index (χ1v) is 9.05. The molecule has 3 aromatic carbocycles. The van der Waals surface area contributed by atoms with E-state index in [4.69, 9.17) is 23.2 Å². The van der Waals surface area contributed by atoms with E-state index in [-0.39, 0.29) is 16.8 Å². The van der Waals surface area contributed by atoms with Crippen LogP contribution in [-0.2, 0) is 6.54 Å². The number of halogens is 2. The Hall–Kier alpha value is -2.82. The first kappa shape index (κ1) is 17.6. The molecule has 0 atom stereocenters. The third kappa shape index (κ3) is 3.42. The van der Waals surface area contributed by atoms with Crippen LogP contribution in [0.15, 0.2) is 66.7 Å². The SMILES string of the molecule is O=C(Nc1ccc2c(c1)CN(c1ccccc1)C2=O)c1ccc(Cl)cc1Cl. The standard InChI is InChI=1S/C21H14Cl2N2O2/c22-14-6-8-18(19(23)11-14)20(26)24-15-7-9-17-13(10-15)12-25(21(17)27)16-4-2-1-3-5-16/h1-11H,12H2,(H,24,26). The number of amides is 2. The number of nitrogens with one attached hydrogen (secondary N) is 1. The molecule has 1 aliphatic rings. The molecule has 0 spiro atoms. The van der Waals surface area contributed by atoms with Gasteiger partial charge < -0.3 is 10.2 Å². The lowest BCUT2D eigenvalue weighted by Crippen LogP contribution is -2.22. The lowest BCUT2D eigenvalue weighted by molar-refractivity contribution is 0.0994. The Labute approximate surface area is 166 Å². The molecule has 27 heavy (non-hydrogen) atoms. The summed E-state index contributed by atoms with van der Waals surface area (Å²) in [7, 11) is 0. The van der Waals surface area contributed by atoms with Gasteiger partial charge in [0.05, 0.1) is 17.1 Å². The summed E-state index contributed by atoms with van der Waals surface area (Å²) in [6.45, 7) is 0.462. The summed E-state index contributed by atoms with van der Waals surface area (Å²) in [6, 6.07) is 19.5. The van der Waals surface area contributed by atoms with E-state index in [2.05, 4.69) is 5.32 Å². The van der Waals surface area contributed by atoms with Gasteiger partial charge in [-0.1, -0.05) is 41.4 Å². The van der Waals surface area contributed by atoms with Crippen LogP contribution in [0.2, 0.25) is 10.0 Å². The molecule has 6 heteroatoms. The number of para-hydroxylation sites is 1. The lowest BCUT2D eigenvalue weighted by atomic mass is 10.1. The van der Waals surface area contributed by atoms with Crippen LogP contribution in [0.5, 0.6) is 0 Å². The predicted molar refractivity (Wildman–Crippen MR) is 108 cm³/mol. The Morgan fingerprint density at radius 2 is 1.74 bits per heavy atom. The topological polar surface area (TPSA) is 49.4 Å². The minimum absolute atomic E-state index is 0.0465. The lowest BCUT2D eigenvalue weighted by Gasteiger charge is -2.15. The summed E-state index contributed by atoms with van der Waals surface area (Å²) in [4.78, 5) is 26.8. The number of nitrogens with zero attached hydrogens (tertiary/aromatic N) is 1. The van der Waals surface area contributed by atoms with E-state index in [9.17, 15) is 9.59 Å². The minimum atomic E-state index is -0.333. The highest BCUT2D eigenvalue weighted by Crippen LogP contribution is 2.30. The molecule has 0 aliphatic carbocycles. The zero-order valence-electron chi connectivity index (χ0n) is 14.1. The van der Waals surface area contributed by atoms with Crippen molar-refractivity contribution in [3.05, 3.63) is 93.5 Å². The maximum absolute atomic E-state index is 12.6. The average molecular weight is 397 g/mol. The number of fused-ring (bicyclic) bond motifs is 1. The Morgan fingerprint density at radius 1 is 0.963 bits per heavy atom. The van der Waals surface area contributed by atoms with Crippen molar-refractivity contribution in [3.8, 4) is 0 Å². The highest BCUT2D eigenvalue weighted by atomic mass is 35.5. The van der Waals surface area contributed by atoms with E-state index in [0.29, 0.717) is 28.4 Å². The fraction of sp³-hybridized carbons (Fsp3) is 0.0476. The van der Waals surface area contributed by atoms with Crippen molar-refractivity contribution in [1.29, 1.82) is 0 Å². The maximum atomic E-state index is 12.6. The zero-order valence-corrected chi connectivity index (χ0v) is 15.6. The fourth-order valence-corrected chi connectivity index (χ4v) is 3.58. The molecular formula is C21H14Cl2N2O2. The number of anilines is 2. The molecule has 0 unspecified atom stereocenters. The van der Waals surface area contributed by atoms with E-state index < -0.39 is 0 Å². The Morgan fingerprint density at radius 3 is 2.48 bits per heavy atom. The van der Waals surface area contributed by atoms with Crippen molar-refractivity contribution in [2.45, 2.75) is 6.54 Å². The molecule has 4 nitrogen and oxygen atoms in total. The second-order valence-corrected chi connectivity index (χ2v) is 7.02. The van der Waals surface area contributed by atoms with Gasteiger partial charge in [0.15, 0.2) is 0 Å². The van der Waals surface area contributed by atoms with Gasteiger partial charge in [0.25, 0.3) is 11.8 Å². The Balaban J connectivity index is 1.57. The van der Waals surface area contributed by atoms with Gasteiger partial charge in [0.1, 0.15) is 0 Å². The zero-order chi connectivity index (χ0) is 19.0. The number of carbonyl (C=O) groups is 2. The normalized spacial score (nSPS) is 12.8. The molecule has 2 amide bonds. The largest absolute Gasteiger partial charge is 0.322 e. The number of hydrogen-bond donors (Lipinski definition) is 1. The molecule has 0 bridgehead atoms. The number of rotatable bonds is 3. The van der Waals surface area contributed by atoms with Crippen LogP contribution in [0, 0.1) is 0 Å². The van der Waals surface area contributed by atoms with Gasteiger partial charge in [-0.2, -0.15) is 0 Å². The minimum Gasteiger partial charge on any atom is -0.322 e. The van der Waals surface area contributed by atoms with E-state index in [1.165, 1.54) is 6.07 Å². The first-order chi connectivity index (χ1) is 13.0. The summed E-state index contributed by atoms with van der Waals surface area (Å²) in [5, 5.41) is 3.57. The van der Waals surface area contributed by atoms with Crippen molar-refractivity contribution < 1.29 is 9.59 Å². The van der Waals surface area contributed by atoms with Gasteiger partial charge in [0, 0.05) is 22.0 Å². The summed E-state index contributed by atoms with van der Waals surface area (Å²) in [6.07, 6.45) is 0. The van der Waals surface area contributed by atoms with Crippen LogP contribution < -0.4 is 10.2 Å². The molecule has 3 aromatic rings. The first-order valence-electron chi connectivity index (χ1n) is 8.29. The van der Waals surface area contributed by atoms with Crippen LogP contribution in [0.25, 0.3) is 0 Å². The van der Waals surface area contributed by atoms with Crippen molar-refractivity contribution in [2.75, 3.05) is 10.2 Å². The molecule has 0 radical (unpaired) electrons. The van der Waals surface area contributed by atoms with Gasteiger partial charge in [0.2, 0.25) is 0 Å². The monoisotopic (exact) mass is 396 g/mol. The van der Waals surface area contributed by atoms with Gasteiger partial charge in [-0.3, -0.25) is 9.59 Å².